The number of aryl methyl sites for hydroxylation is 1. The maximum atomic E-state index is 12.3. The number of rotatable bonds is 13. The molecular weight excluding hydrogens is 404 g/mol. The summed E-state index contributed by atoms with van der Waals surface area (Å²) in [5, 5.41) is 5.01. The van der Waals surface area contributed by atoms with Gasteiger partial charge in [0.2, 0.25) is 5.91 Å². The van der Waals surface area contributed by atoms with Crippen molar-refractivity contribution in [3.05, 3.63) is 34.8 Å². The topological polar surface area (TPSA) is 86.8 Å². The normalized spacial score (nSPS) is 10.5. The number of benzene rings is 1. The molecule has 164 valence electrons. The summed E-state index contributed by atoms with van der Waals surface area (Å²) in [7, 11) is 0. The van der Waals surface area contributed by atoms with Gasteiger partial charge in [-0.1, -0.05) is 19.4 Å². The van der Waals surface area contributed by atoms with Gasteiger partial charge in [0.25, 0.3) is 0 Å². The number of esters is 1. The monoisotopic (exact) mass is 434 g/mol. The zero-order chi connectivity index (χ0) is 21.8. The highest BCUT2D eigenvalue weighted by Gasteiger charge is 2.12. The number of amides is 1. The maximum Gasteiger partial charge on any atom is 0.311 e. The van der Waals surface area contributed by atoms with E-state index in [1.165, 1.54) is 11.3 Å². The lowest BCUT2D eigenvalue weighted by atomic mass is 10.1. The molecule has 7 nitrogen and oxygen atoms in total. The van der Waals surface area contributed by atoms with Crippen LogP contribution < -0.4 is 14.8 Å². The van der Waals surface area contributed by atoms with Crippen LogP contribution in [0.1, 0.15) is 51.3 Å². The van der Waals surface area contributed by atoms with Crippen LogP contribution in [-0.2, 0) is 27.2 Å². The van der Waals surface area contributed by atoms with Gasteiger partial charge in [-0.2, -0.15) is 0 Å². The molecule has 0 atom stereocenters. The lowest BCUT2D eigenvalue weighted by Gasteiger charge is -2.13. The number of hydrogen-bond acceptors (Lipinski definition) is 7. The number of nitrogens with one attached hydrogen (secondary N) is 1. The Bertz CT molecular complexity index is 822. The van der Waals surface area contributed by atoms with Gasteiger partial charge in [-0.05, 0) is 44.4 Å². The number of hydrogen-bond donors (Lipinski definition) is 1. The summed E-state index contributed by atoms with van der Waals surface area (Å²) in [6, 6.07) is 5.78. The molecule has 1 N–H and O–H groups in total. The second-order valence-corrected chi connectivity index (χ2v) is 7.45. The minimum Gasteiger partial charge on any atom is -0.490 e. The fourth-order valence-electron chi connectivity index (χ4n) is 2.67. The van der Waals surface area contributed by atoms with Gasteiger partial charge in [0.15, 0.2) is 16.6 Å². The van der Waals surface area contributed by atoms with Crippen molar-refractivity contribution >= 4 is 28.3 Å². The summed E-state index contributed by atoms with van der Waals surface area (Å²) in [4.78, 5) is 28.1. The van der Waals surface area contributed by atoms with Gasteiger partial charge in [-0.25, -0.2) is 4.98 Å². The molecule has 0 radical (unpaired) electrons. The van der Waals surface area contributed by atoms with Crippen molar-refractivity contribution in [2.24, 2.45) is 0 Å². The predicted octanol–water partition coefficient (Wildman–Crippen LogP) is 4.40. The van der Waals surface area contributed by atoms with Gasteiger partial charge >= 0.3 is 5.97 Å². The molecule has 0 aliphatic heterocycles. The number of unbranched alkanes of at least 4 members (excludes halogenated alkanes) is 1. The van der Waals surface area contributed by atoms with Gasteiger partial charge in [-0.15, -0.1) is 11.3 Å². The van der Waals surface area contributed by atoms with E-state index in [1.807, 2.05) is 25.1 Å². The molecule has 0 saturated carbocycles. The van der Waals surface area contributed by atoms with Crippen molar-refractivity contribution in [2.45, 2.75) is 52.9 Å². The molecule has 1 amide bonds. The van der Waals surface area contributed by atoms with Crippen LogP contribution in [0.3, 0.4) is 0 Å². The Morgan fingerprint density at radius 3 is 2.67 bits per heavy atom. The molecule has 0 bridgehead atoms. The van der Waals surface area contributed by atoms with Crippen molar-refractivity contribution in [3.63, 3.8) is 0 Å². The molecule has 0 saturated heterocycles. The first-order chi connectivity index (χ1) is 14.5. The van der Waals surface area contributed by atoms with Crippen LogP contribution in [0, 0.1) is 0 Å². The number of ether oxygens (including phenoxy) is 3. The second kappa shape index (κ2) is 12.8. The molecule has 30 heavy (non-hydrogen) atoms. The van der Waals surface area contributed by atoms with E-state index in [0.29, 0.717) is 49.2 Å². The summed E-state index contributed by atoms with van der Waals surface area (Å²) >= 11 is 1.29. The lowest BCUT2D eigenvalue weighted by molar-refractivity contribution is -0.142. The van der Waals surface area contributed by atoms with Crippen LogP contribution in [-0.4, -0.2) is 36.7 Å². The molecular formula is C22H30N2O5S. The van der Waals surface area contributed by atoms with Crippen LogP contribution in [0.4, 0.5) is 5.13 Å². The molecule has 1 aromatic heterocycles. The minimum atomic E-state index is -0.326. The summed E-state index contributed by atoms with van der Waals surface area (Å²) < 4.78 is 16.4. The van der Waals surface area contributed by atoms with Crippen molar-refractivity contribution in [1.82, 2.24) is 4.98 Å². The molecule has 0 spiro atoms. The molecule has 0 unspecified atom stereocenters. The highest BCUT2D eigenvalue weighted by Crippen LogP contribution is 2.29. The number of carbonyl (C=O) groups is 2. The first-order valence-electron chi connectivity index (χ1n) is 10.3. The van der Waals surface area contributed by atoms with Crippen molar-refractivity contribution in [3.8, 4) is 11.5 Å². The third kappa shape index (κ3) is 8.02. The van der Waals surface area contributed by atoms with E-state index in [-0.39, 0.29) is 18.3 Å². The molecule has 1 heterocycles. The number of nitrogens with zero attached hydrogens (tertiary/aromatic N) is 1. The molecule has 1 aromatic carbocycles. The first kappa shape index (κ1) is 23.7. The van der Waals surface area contributed by atoms with Crippen LogP contribution >= 0.6 is 11.3 Å². The smallest absolute Gasteiger partial charge is 0.311 e. The van der Waals surface area contributed by atoms with E-state index < -0.39 is 0 Å². The Kier molecular flexibility index (Phi) is 10.1. The van der Waals surface area contributed by atoms with Gasteiger partial charge in [0, 0.05) is 11.8 Å². The fraction of sp³-hybridized carbons (Fsp3) is 0.500. The highest BCUT2D eigenvalue weighted by atomic mass is 32.1. The summed E-state index contributed by atoms with van der Waals surface area (Å²) in [6.45, 7) is 7.35. The van der Waals surface area contributed by atoms with Crippen LogP contribution in [0.5, 0.6) is 11.5 Å². The maximum absolute atomic E-state index is 12.3. The Hall–Kier alpha value is -2.61. The standard InChI is InChI=1S/C22H30N2O5S/c1-4-7-12-29-18-10-8-16(13-19(18)27-5-2)9-11-20(25)24-22-23-17(15-30-22)14-21(26)28-6-3/h8,10,13,15H,4-7,9,11-12,14H2,1-3H3,(H,23,24,25). The van der Waals surface area contributed by atoms with E-state index in [2.05, 4.69) is 17.2 Å². The Balaban J connectivity index is 1.87. The zero-order valence-corrected chi connectivity index (χ0v) is 18.7. The Morgan fingerprint density at radius 2 is 1.93 bits per heavy atom. The van der Waals surface area contributed by atoms with Gasteiger partial charge in [0.1, 0.15) is 0 Å². The Morgan fingerprint density at radius 1 is 1.10 bits per heavy atom. The summed E-state index contributed by atoms with van der Waals surface area (Å²) in [6.07, 6.45) is 3.05. The molecule has 2 aromatic rings. The number of thiazole rings is 1. The average molecular weight is 435 g/mol. The van der Waals surface area contributed by atoms with E-state index in [0.717, 1.165) is 24.2 Å². The summed E-state index contributed by atoms with van der Waals surface area (Å²) in [5.74, 6) is 0.978. The largest absolute Gasteiger partial charge is 0.490 e. The quantitative estimate of drug-likeness (QED) is 0.371. The van der Waals surface area contributed by atoms with E-state index in [4.69, 9.17) is 14.2 Å². The number of carbonyl (C=O) groups excluding carboxylic acids is 2. The highest BCUT2D eigenvalue weighted by molar-refractivity contribution is 7.13. The zero-order valence-electron chi connectivity index (χ0n) is 17.9. The van der Waals surface area contributed by atoms with Crippen molar-refractivity contribution in [2.75, 3.05) is 25.1 Å². The molecule has 0 aliphatic rings. The molecule has 2 rings (SSSR count). The molecule has 0 fully saturated rings. The second-order valence-electron chi connectivity index (χ2n) is 6.59. The van der Waals surface area contributed by atoms with Crippen molar-refractivity contribution in [1.29, 1.82) is 0 Å². The van der Waals surface area contributed by atoms with E-state index in [9.17, 15) is 9.59 Å². The average Bonchev–Trinajstić information content (AvgIpc) is 3.14. The van der Waals surface area contributed by atoms with Crippen LogP contribution in [0.25, 0.3) is 0 Å². The van der Waals surface area contributed by atoms with E-state index >= 15 is 0 Å². The Labute approximate surface area is 181 Å². The van der Waals surface area contributed by atoms with Gasteiger partial charge < -0.3 is 19.5 Å². The summed E-state index contributed by atoms with van der Waals surface area (Å²) in [5.41, 5.74) is 1.59. The SMILES string of the molecule is CCCCOc1ccc(CCC(=O)Nc2nc(CC(=O)OCC)cs2)cc1OCC. The van der Waals surface area contributed by atoms with Gasteiger partial charge in [-0.3, -0.25) is 9.59 Å². The fourth-order valence-corrected chi connectivity index (χ4v) is 3.39. The first-order valence-corrected chi connectivity index (χ1v) is 11.2. The number of anilines is 1. The molecule has 8 heteroatoms. The van der Waals surface area contributed by atoms with Gasteiger partial charge in [0.05, 0.1) is 31.9 Å². The van der Waals surface area contributed by atoms with Crippen LogP contribution in [0.2, 0.25) is 0 Å². The number of aromatic nitrogens is 1. The molecule has 0 aliphatic carbocycles. The van der Waals surface area contributed by atoms with Crippen LogP contribution in [0.15, 0.2) is 23.6 Å². The van der Waals surface area contributed by atoms with E-state index in [1.54, 1.807) is 12.3 Å². The lowest BCUT2D eigenvalue weighted by Crippen LogP contribution is -2.13. The third-order valence-electron chi connectivity index (χ3n) is 4.13. The predicted molar refractivity (Wildman–Crippen MR) is 117 cm³/mol. The minimum absolute atomic E-state index is 0.104. The third-order valence-corrected chi connectivity index (χ3v) is 4.94. The van der Waals surface area contributed by atoms with Crippen molar-refractivity contribution < 1.29 is 23.8 Å².